The largest absolute Gasteiger partial charge is 0.241 e. The van der Waals surface area contributed by atoms with Gasteiger partial charge in [0.25, 0.3) is 0 Å². The summed E-state index contributed by atoms with van der Waals surface area (Å²) >= 11 is 0. The fourth-order valence-corrected chi connectivity index (χ4v) is 6.84. The van der Waals surface area contributed by atoms with Crippen LogP contribution in [-0.4, -0.2) is 9.97 Å². The van der Waals surface area contributed by atoms with Gasteiger partial charge in [-0.3, -0.25) is 0 Å². The summed E-state index contributed by atoms with van der Waals surface area (Å²) in [5.41, 5.74) is 1.33. The highest BCUT2D eigenvalue weighted by Gasteiger charge is 2.30. The van der Waals surface area contributed by atoms with Crippen molar-refractivity contribution in [3.8, 4) is 0 Å². The van der Waals surface area contributed by atoms with Crippen molar-refractivity contribution in [2.45, 2.75) is 155 Å². The number of aryl methyl sites for hydroxylation is 2. The predicted molar refractivity (Wildman–Crippen MR) is 147 cm³/mol. The van der Waals surface area contributed by atoms with E-state index in [2.05, 4.69) is 26.2 Å². The molecule has 2 fully saturated rings. The van der Waals surface area contributed by atoms with E-state index in [9.17, 15) is 0 Å². The van der Waals surface area contributed by atoms with Gasteiger partial charge < -0.3 is 0 Å². The van der Waals surface area contributed by atoms with Crippen LogP contribution in [0.25, 0.3) is 0 Å². The van der Waals surface area contributed by atoms with Gasteiger partial charge in [0.05, 0.1) is 0 Å². The maximum Gasteiger partial charge on any atom is 0.128 e. The summed E-state index contributed by atoms with van der Waals surface area (Å²) in [6, 6.07) is 0. The molecule has 2 aliphatic carbocycles. The molecule has 2 nitrogen and oxygen atoms in total. The van der Waals surface area contributed by atoms with Crippen molar-refractivity contribution in [3.63, 3.8) is 0 Å². The molecule has 0 aliphatic heterocycles. The van der Waals surface area contributed by atoms with Crippen molar-refractivity contribution in [3.05, 3.63) is 23.8 Å². The lowest BCUT2D eigenvalue weighted by Gasteiger charge is -2.38. The molecule has 0 amide bonds. The molecule has 0 aromatic carbocycles. The first-order valence-electron chi connectivity index (χ1n) is 15.6. The molecule has 0 atom stereocenters. The Hall–Kier alpha value is -0.920. The van der Waals surface area contributed by atoms with Gasteiger partial charge in [-0.05, 0) is 74.2 Å². The van der Waals surface area contributed by atoms with Crippen molar-refractivity contribution in [2.75, 3.05) is 0 Å². The van der Waals surface area contributed by atoms with Crippen LogP contribution in [0.4, 0.5) is 0 Å². The molecule has 0 saturated heterocycles. The number of hydrogen-bond donors (Lipinski definition) is 0. The first kappa shape index (κ1) is 27.7. The topological polar surface area (TPSA) is 25.8 Å². The third-order valence-corrected chi connectivity index (χ3v) is 9.27. The van der Waals surface area contributed by atoms with Crippen LogP contribution in [0.15, 0.2) is 12.4 Å². The second-order valence-corrected chi connectivity index (χ2v) is 12.0. The van der Waals surface area contributed by atoms with E-state index in [1.54, 1.807) is 0 Å². The van der Waals surface area contributed by atoms with Gasteiger partial charge in [-0.15, -0.1) is 0 Å². The number of aromatic nitrogens is 2. The van der Waals surface area contributed by atoms with Crippen LogP contribution in [0.2, 0.25) is 0 Å². The van der Waals surface area contributed by atoms with Crippen LogP contribution in [0.1, 0.15) is 154 Å². The Labute approximate surface area is 212 Å². The van der Waals surface area contributed by atoms with Gasteiger partial charge in [0, 0.05) is 18.8 Å². The predicted octanol–water partition coefficient (Wildman–Crippen LogP) is 9.90. The Morgan fingerprint density at radius 2 is 1.06 bits per heavy atom. The molecule has 1 heterocycles. The maximum atomic E-state index is 4.70. The lowest BCUT2D eigenvalue weighted by molar-refractivity contribution is 0.140. The third-order valence-electron chi connectivity index (χ3n) is 9.27. The zero-order valence-corrected chi connectivity index (χ0v) is 22.9. The average molecular weight is 469 g/mol. The molecular formula is C32H56N2. The van der Waals surface area contributed by atoms with Gasteiger partial charge in [0.2, 0.25) is 0 Å². The van der Waals surface area contributed by atoms with E-state index >= 15 is 0 Å². The van der Waals surface area contributed by atoms with Crippen LogP contribution >= 0.6 is 0 Å². The van der Waals surface area contributed by atoms with E-state index in [4.69, 9.17) is 9.97 Å². The molecule has 2 aliphatic rings. The summed E-state index contributed by atoms with van der Waals surface area (Å²) in [6.45, 7) is 4.60. The Bertz CT molecular complexity index is 608. The average Bonchev–Trinajstić information content (AvgIpc) is 2.89. The van der Waals surface area contributed by atoms with E-state index in [1.165, 1.54) is 134 Å². The molecule has 0 N–H and O–H groups in total. The second kappa shape index (κ2) is 16.7. The molecule has 2 saturated carbocycles. The van der Waals surface area contributed by atoms with Crippen molar-refractivity contribution in [2.24, 2.45) is 23.7 Å². The number of rotatable bonds is 16. The smallest absolute Gasteiger partial charge is 0.128 e. The summed E-state index contributed by atoms with van der Waals surface area (Å²) in [5, 5.41) is 0. The van der Waals surface area contributed by atoms with Gasteiger partial charge in [-0.2, -0.15) is 0 Å². The highest BCUT2D eigenvalue weighted by molar-refractivity contribution is 5.05. The molecule has 2 heteroatoms. The quantitative estimate of drug-likeness (QED) is 0.225. The molecule has 34 heavy (non-hydrogen) atoms. The summed E-state index contributed by atoms with van der Waals surface area (Å²) in [4.78, 5) is 9.40. The van der Waals surface area contributed by atoms with Crippen LogP contribution in [0.3, 0.4) is 0 Å². The lowest BCUT2D eigenvalue weighted by atomic mass is 9.68. The summed E-state index contributed by atoms with van der Waals surface area (Å²) < 4.78 is 0. The molecule has 1 aromatic rings. The number of hydrogen-bond acceptors (Lipinski definition) is 2. The number of unbranched alkanes of at least 4 members (excludes halogenated alkanes) is 8. The summed E-state index contributed by atoms with van der Waals surface area (Å²) in [7, 11) is 0. The zero-order chi connectivity index (χ0) is 23.8. The normalized spacial score (nSPS) is 25.5. The van der Waals surface area contributed by atoms with Gasteiger partial charge in [0.1, 0.15) is 5.82 Å². The van der Waals surface area contributed by atoms with Crippen LogP contribution in [0.5, 0.6) is 0 Å². The Morgan fingerprint density at radius 3 is 1.62 bits per heavy atom. The van der Waals surface area contributed by atoms with E-state index in [0.29, 0.717) is 0 Å². The highest BCUT2D eigenvalue weighted by atomic mass is 14.9. The molecule has 0 unspecified atom stereocenters. The molecule has 3 rings (SSSR count). The molecule has 0 bridgehead atoms. The Morgan fingerprint density at radius 1 is 0.559 bits per heavy atom. The second-order valence-electron chi connectivity index (χ2n) is 12.0. The van der Waals surface area contributed by atoms with E-state index in [-0.39, 0.29) is 0 Å². The van der Waals surface area contributed by atoms with Crippen molar-refractivity contribution in [1.82, 2.24) is 9.97 Å². The standard InChI is InChI=1S/C32H56N2/c1-3-5-7-9-11-13-27-15-20-30(21-16-27)31-22-17-28(18-23-31)19-24-32-33-25-29(26-34-32)14-12-10-8-6-4-2/h25-28,30-31H,3-24H2,1-2H3. The van der Waals surface area contributed by atoms with E-state index in [0.717, 1.165) is 42.3 Å². The zero-order valence-electron chi connectivity index (χ0n) is 22.9. The van der Waals surface area contributed by atoms with Gasteiger partial charge in [0.15, 0.2) is 0 Å². The fraction of sp³-hybridized carbons (Fsp3) is 0.875. The minimum absolute atomic E-state index is 0.914. The van der Waals surface area contributed by atoms with Crippen LogP contribution in [-0.2, 0) is 12.8 Å². The van der Waals surface area contributed by atoms with Gasteiger partial charge >= 0.3 is 0 Å². The highest BCUT2D eigenvalue weighted by Crippen LogP contribution is 2.43. The maximum absolute atomic E-state index is 4.70. The first-order valence-corrected chi connectivity index (χ1v) is 15.6. The number of nitrogens with zero attached hydrogens (tertiary/aromatic N) is 2. The van der Waals surface area contributed by atoms with Gasteiger partial charge in [-0.25, -0.2) is 9.97 Å². The summed E-state index contributed by atoms with van der Waals surface area (Å²) in [5.74, 6) is 5.13. The first-order chi connectivity index (χ1) is 16.8. The molecular weight excluding hydrogens is 412 g/mol. The minimum atomic E-state index is 0.914. The third kappa shape index (κ3) is 10.4. The summed E-state index contributed by atoms with van der Waals surface area (Å²) in [6.07, 6.45) is 35.2. The van der Waals surface area contributed by atoms with E-state index in [1.807, 2.05) is 0 Å². The minimum Gasteiger partial charge on any atom is -0.241 e. The van der Waals surface area contributed by atoms with Crippen LogP contribution in [0, 0.1) is 23.7 Å². The molecule has 0 spiro atoms. The monoisotopic (exact) mass is 468 g/mol. The molecule has 0 radical (unpaired) electrons. The molecule has 1 aromatic heterocycles. The fourth-order valence-electron chi connectivity index (χ4n) is 6.84. The van der Waals surface area contributed by atoms with Crippen molar-refractivity contribution in [1.29, 1.82) is 0 Å². The lowest BCUT2D eigenvalue weighted by Crippen LogP contribution is -2.26. The van der Waals surface area contributed by atoms with E-state index < -0.39 is 0 Å². The Kier molecular flexibility index (Phi) is 13.6. The SMILES string of the molecule is CCCCCCCc1cnc(CCC2CCC(C3CCC(CCCCCCC)CC3)CC2)nc1. The van der Waals surface area contributed by atoms with Crippen molar-refractivity contribution < 1.29 is 0 Å². The van der Waals surface area contributed by atoms with Crippen molar-refractivity contribution >= 4 is 0 Å². The van der Waals surface area contributed by atoms with Crippen LogP contribution < -0.4 is 0 Å². The Balaban J connectivity index is 1.24. The molecule has 194 valence electrons. The van der Waals surface area contributed by atoms with Gasteiger partial charge in [-0.1, -0.05) is 104 Å².